The quantitative estimate of drug-likeness (QED) is 0.0261. The molecule has 1 atom stereocenters. The summed E-state index contributed by atoms with van der Waals surface area (Å²) >= 11 is 0. The number of allylic oxidation sites excluding steroid dienone is 10. The first kappa shape index (κ1) is 70.1. The maximum absolute atomic E-state index is 12.8. The highest BCUT2D eigenvalue weighted by atomic mass is 16.6. The summed E-state index contributed by atoms with van der Waals surface area (Å²) in [6, 6.07) is 0. The first-order valence-electron chi connectivity index (χ1n) is 31.8. The number of carbonyl (C=O) groups is 3. The Morgan fingerprint density at radius 3 is 0.822 bits per heavy atom. The average molecular weight is 1020 g/mol. The van der Waals surface area contributed by atoms with Gasteiger partial charge in [0, 0.05) is 19.3 Å². The Bertz CT molecular complexity index is 1310. The molecule has 0 aliphatic heterocycles. The molecule has 0 spiro atoms. The predicted molar refractivity (Wildman–Crippen MR) is 316 cm³/mol. The van der Waals surface area contributed by atoms with Crippen molar-refractivity contribution in [3.05, 3.63) is 60.8 Å². The Morgan fingerprint density at radius 2 is 0.521 bits per heavy atom. The van der Waals surface area contributed by atoms with Gasteiger partial charge >= 0.3 is 17.9 Å². The van der Waals surface area contributed by atoms with Crippen molar-refractivity contribution < 1.29 is 28.6 Å². The maximum atomic E-state index is 12.8. The van der Waals surface area contributed by atoms with Crippen LogP contribution < -0.4 is 0 Å². The number of hydrogen-bond donors (Lipinski definition) is 0. The van der Waals surface area contributed by atoms with Crippen molar-refractivity contribution in [2.24, 2.45) is 0 Å². The number of rotatable bonds is 58. The van der Waals surface area contributed by atoms with E-state index in [0.717, 1.165) is 103 Å². The maximum Gasteiger partial charge on any atom is 0.306 e. The van der Waals surface area contributed by atoms with Gasteiger partial charge in [0.1, 0.15) is 13.2 Å². The van der Waals surface area contributed by atoms with E-state index >= 15 is 0 Å². The average Bonchev–Trinajstić information content (AvgIpc) is 3.39. The summed E-state index contributed by atoms with van der Waals surface area (Å²) in [7, 11) is 0. The van der Waals surface area contributed by atoms with Crippen LogP contribution in [0.1, 0.15) is 329 Å². The lowest BCUT2D eigenvalue weighted by atomic mass is 10.0. The molecule has 0 aliphatic carbocycles. The van der Waals surface area contributed by atoms with Gasteiger partial charge in [0.2, 0.25) is 0 Å². The standard InChI is InChI=1S/C67H120O6/c1-4-7-10-13-16-19-21-23-24-25-26-27-28-29-30-31-32-33-34-35-36-37-38-39-40-41-42-44-45-48-51-54-57-60-66(69)72-63-64(62-71-65(68)59-56-53-50-47-18-15-12-9-6-3)73-67(70)61-58-55-52-49-46-43-22-20-17-14-11-8-5-2/h11,14,20-23,25-26,28-29,64H,4-10,12-13,15-19,24,27,30-63H2,1-3H3/b14-11-,22-20-,23-21-,26-25-,29-28-. The number of hydrogen-bond acceptors (Lipinski definition) is 6. The van der Waals surface area contributed by atoms with Crippen molar-refractivity contribution in [2.75, 3.05) is 13.2 Å². The molecule has 0 N–H and O–H groups in total. The summed E-state index contributed by atoms with van der Waals surface area (Å²) in [6.45, 7) is 6.56. The van der Waals surface area contributed by atoms with E-state index in [2.05, 4.69) is 81.5 Å². The summed E-state index contributed by atoms with van der Waals surface area (Å²) in [6.07, 6.45) is 78.3. The van der Waals surface area contributed by atoms with E-state index in [1.54, 1.807) is 0 Å². The van der Waals surface area contributed by atoms with Crippen LogP contribution in [0, 0.1) is 0 Å². The third-order valence-corrected chi connectivity index (χ3v) is 14.0. The van der Waals surface area contributed by atoms with E-state index in [4.69, 9.17) is 14.2 Å². The molecule has 0 saturated heterocycles. The van der Waals surface area contributed by atoms with Crippen molar-refractivity contribution in [3.63, 3.8) is 0 Å². The summed E-state index contributed by atoms with van der Waals surface area (Å²) in [4.78, 5) is 38.0. The fraction of sp³-hybridized carbons (Fsp3) is 0.806. The SMILES string of the molecule is CCC/C=C\C/C=C\CCCCCCCC(=O)OC(COC(=O)CCCCCCCCCCC)COC(=O)CCCCCCCCCCCCCCCCCCCC/C=C\C/C=C\C/C=C\CCCCCCC. The topological polar surface area (TPSA) is 78.9 Å². The highest BCUT2D eigenvalue weighted by Crippen LogP contribution is 2.17. The predicted octanol–water partition coefficient (Wildman–Crippen LogP) is 21.6. The zero-order chi connectivity index (χ0) is 52.9. The molecule has 0 aromatic rings. The smallest absolute Gasteiger partial charge is 0.306 e. The number of unbranched alkanes of at least 4 members (excludes halogenated alkanes) is 37. The van der Waals surface area contributed by atoms with Crippen molar-refractivity contribution in [2.45, 2.75) is 335 Å². The van der Waals surface area contributed by atoms with E-state index in [9.17, 15) is 14.4 Å². The molecule has 0 rings (SSSR count). The molecule has 6 heteroatoms. The number of esters is 3. The second-order valence-corrected chi connectivity index (χ2v) is 21.3. The zero-order valence-electron chi connectivity index (χ0n) is 48.7. The van der Waals surface area contributed by atoms with Crippen molar-refractivity contribution >= 4 is 17.9 Å². The molecule has 0 amide bonds. The molecule has 0 aliphatic rings. The molecule has 0 aromatic carbocycles. The summed E-state index contributed by atoms with van der Waals surface area (Å²) in [5.74, 6) is -0.880. The van der Waals surface area contributed by atoms with Crippen molar-refractivity contribution in [1.29, 1.82) is 0 Å². The summed E-state index contributed by atoms with van der Waals surface area (Å²) < 4.78 is 16.8. The van der Waals surface area contributed by atoms with Gasteiger partial charge < -0.3 is 14.2 Å². The van der Waals surface area contributed by atoms with Gasteiger partial charge in [-0.2, -0.15) is 0 Å². The zero-order valence-corrected chi connectivity index (χ0v) is 48.7. The van der Waals surface area contributed by atoms with Gasteiger partial charge in [0.05, 0.1) is 0 Å². The van der Waals surface area contributed by atoms with Crippen LogP contribution in [0.2, 0.25) is 0 Å². The molecule has 0 saturated carbocycles. The van der Waals surface area contributed by atoms with Gasteiger partial charge in [-0.25, -0.2) is 0 Å². The van der Waals surface area contributed by atoms with Crippen LogP contribution in [0.4, 0.5) is 0 Å². The molecule has 0 fully saturated rings. The molecule has 6 nitrogen and oxygen atoms in total. The van der Waals surface area contributed by atoms with E-state index in [0.29, 0.717) is 19.3 Å². The normalized spacial score (nSPS) is 12.4. The molecular formula is C67H120O6. The second-order valence-electron chi connectivity index (χ2n) is 21.3. The Kier molecular flexibility index (Phi) is 59.2. The lowest BCUT2D eigenvalue weighted by molar-refractivity contribution is -0.167. The first-order valence-corrected chi connectivity index (χ1v) is 31.8. The minimum Gasteiger partial charge on any atom is -0.462 e. The highest BCUT2D eigenvalue weighted by Gasteiger charge is 2.19. The molecule has 73 heavy (non-hydrogen) atoms. The van der Waals surface area contributed by atoms with Gasteiger partial charge in [0.25, 0.3) is 0 Å². The van der Waals surface area contributed by atoms with E-state index in [1.165, 1.54) is 186 Å². The van der Waals surface area contributed by atoms with Crippen LogP contribution in [0.15, 0.2) is 60.8 Å². The van der Waals surface area contributed by atoms with Gasteiger partial charge in [-0.15, -0.1) is 0 Å². The van der Waals surface area contributed by atoms with E-state index in [-0.39, 0.29) is 31.1 Å². The summed E-state index contributed by atoms with van der Waals surface area (Å²) in [5.41, 5.74) is 0. The fourth-order valence-corrected chi connectivity index (χ4v) is 9.20. The second kappa shape index (κ2) is 61.7. The van der Waals surface area contributed by atoms with Crippen LogP contribution in [-0.2, 0) is 28.6 Å². The van der Waals surface area contributed by atoms with Crippen LogP contribution in [0.3, 0.4) is 0 Å². The Balaban J connectivity index is 4.02. The Hall–Kier alpha value is -2.89. The molecule has 0 radical (unpaired) electrons. The lowest BCUT2D eigenvalue weighted by Gasteiger charge is -2.18. The van der Waals surface area contributed by atoms with E-state index in [1.807, 2.05) is 0 Å². The third kappa shape index (κ3) is 59.9. The first-order chi connectivity index (χ1) is 36.0. The largest absolute Gasteiger partial charge is 0.462 e. The van der Waals surface area contributed by atoms with Gasteiger partial charge in [-0.05, 0) is 83.5 Å². The molecule has 424 valence electrons. The van der Waals surface area contributed by atoms with Crippen molar-refractivity contribution in [3.8, 4) is 0 Å². The van der Waals surface area contributed by atoms with Gasteiger partial charge in [-0.3, -0.25) is 14.4 Å². The molecule has 0 aromatic heterocycles. The van der Waals surface area contributed by atoms with Crippen LogP contribution in [-0.4, -0.2) is 37.2 Å². The van der Waals surface area contributed by atoms with Crippen LogP contribution in [0.25, 0.3) is 0 Å². The van der Waals surface area contributed by atoms with Crippen LogP contribution >= 0.6 is 0 Å². The molecular weight excluding hydrogens is 901 g/mol. The number of ether oxygens (including phenoxy) is 3. The van der Waals surface area contributed by atoms with Crippen LogP contribution in [0.5, 0.6) is 0 Å². The monoisotopic (exact) mass is 1020 g/mol. The fourth-order valence-electron chi connectivity index (χ4n) is 9.20. The summed E-state index contributed by atoms with van der Waals surface area (Å²) in [5, 5.41) is 0. The third-order valence-electron chi connectivity index (χ3n) is 14.0. The molecule has 1 unspecified atom stereocenters. The Morgan fingerprint density at radius 1 is 0.274 bits per heavy atom. The molecule has 0 heterocycles. The highest BCUT2D eigenvalue weighted by molar-refractivity contribution is 5.71. The van der Waals surface area contributed by atoms with Gasteiger partial charge in [-0.1, -0.05) is 287 Å². The van der Waals surface area contributed by atoms with Gasteiger partial charge in [0.15, 0.2) is 6.10 Å². The molecule has 0 bridgehead atoms. The van der Waals surface area contributed by atoms with Crippen molar-refractivity contribution in [1.82, 2.24) is 0 Å². The number of carbonyl (C=O) groups excluding carboxylic acids is 3. The van der Waals surface area contributed by atoms with E-state index < -0.39 is 6.10 Å². The minimum absolute atomic E-state index is 0.0760. The Labute approximate surface area is 453 Å². The minimum atomic E-state index is -0.777. The lowest BCUT2D eigenvalue weighted by Crippen LogP contribution is -2.30.